The fourth-order valence-corrected chi connectivity index (χ4v) is 3.19. The van der Waals surface area contributed by atoms with E-state index in [4.69, 9.17) is 0 Å². The van der Waals surface area contributed by atoms with E-state index in [9.17, 15) is 13.2 Å². The SMILES string of the molecule is CCc1ccccc1NS(=O)(=O)c1cccc(C(=O)OC)c1. The van der Waals surface area contributed by atoms with Crippen LogP contribution in [-0.4, -0.2) is 21.5 Å². The maximum atomic E-state index is 12.5. The molecule has 1 N–H and O–H groups in total. The Hall–Kier alpha value is -2.34. The Bertz CT molecular complexity index is 784. The third-order valence-electron chi connectivity index (χ3n) is 3.21. The van der Waals surface area contributed by atoms with Gasteiger partial charge in [0.25, 0.3) is 10.0 Å². The van der Waals surface area contributed by atoms with Gasteiger partial charge in [-0.3, -0.25) is 4.72 Å². The fourth-order valence-electron chi connectivity index (χ4n) is 2.04. The van der Waals surface area contributed by atoms with E-state index >= 15 is 0 Å². The summed E-state index contributed by atoms with van der Waals surface area (Å²) in [6.07, 6.45) is 0.709. The Morgan fingerprint density at radius 3 is 2.55 bits per heavy atom. The van der Waals surface area contributed by atoms with E-state index in [-0.39, 0.29) is 10.5 Å². The first-order valence-electron chi connectivity index (χ1n) is 6.77. The number of carbonyl (C=O) groups excluding carboxylic acids is 1. The molecule has 0 unspecified atom stereocenters. The van der Waals surface area contributed by atoms with Gasteiger partial charge in [0.2, 0.25) is 0 Å². The Balaban J connectivity index is 2.37. The first kappa shape index (κ1) is 16.0. The number of ether oxygens (including phenoxy) is 1. The maximum Gasteiger partial charge on any atom is 0.337 e. The summed E-state index contributed by atoms with van der Waals surface area (Å²) in [6.45, 7) is 1.95. The number of anilines is 1. The molecule has 0 aromatic heterocycles. The number of esters is 1. The van der Waals surface area contributed by atoms with Gasteiger partial charge in [0.1, 0.15) is 0 Å². The molecule has 0 aliphatic heterocycles. The van der Waals surface area contributed by atoms with Gasteiger partial charge < -0.3 is 4.74 Å². The molecule has 116 valence electrons. The van der Waals surface area contributed by atoms with Crippen LogP contribution in [0.5, 0.6) is 0 Å². The van der Waals surface area contributed by atoms with E-state index in [0.717, 1.165) is 5.56 Å². The van der Waals surface area contributed by atoms with E-state index in [1.165, 1.54) is 31.4 Å². The Kier molecular flexibility index (Phi) is 4.82. The summed E-state index contributed by atoms with van der Waals surface area (Å²) < 4.78 is 32.1. The predicted octanol–water partition coefficient (Wildman–Crippen LogP) is 2.84. The van der Waals surface area contributed by atoms with Gasteiger partial charge in [0.05, 0.1) is 23.3 Å². The van der Waals surface area contributed by atoms with Crippen LogP contribution in [0.4, 0.5) is 5.69 Å². The highest BCUT2D eigenvalue weighted by molar-refractivity contribution is 7.92. The Morgan fingerprint density at radius 1 is 1.14 bits per heavy atom. The second kappa shape index (κ2) is 6.62. The van der Waals surface area contributed by atoms with Gasteiger partial charge in [0, 0.05) is 0 Å². The molecule has 2 aromatic carbocycles. The number of methoxy groups -OCH3 is 1. The molecule has 0 spiro atoms. The first-order chi connectivity index (χ1) is 10.5. The van der Waals surface area contributed by atoms with Crippen LogP contribution < -0.4 is 4.72 Å². The van der Waals surface area contributed by atoms with Crippen LogP contribution in [0.25, 0.3) is 0 Å². The quantitative estimate of drug-likeness (QED) is 0.860. The summed E-state index contributed by atoms with van der Waals surface area (Å²) in [5, 5.41) is 0. The molecule has 5 nitrogen and oxygen atoms in total. The normalized spacial score (nSPS) is 11.0. The largest absolute Gasteiger partial charge is 0.465 e. The van der Waals surface area contributed by atoms with Gasteiger partial charge in [0.15, 0.2) is 0 Å². The molecule has 0 saturated heterocycles. The molecule has 22 heavy (non-hydrogen) atoms. The average molecular weight is 319 g/mol. The zero-order chi connectivity index (χ0) is 16.2. The van der Waals surface area contributed by atoms with Crippen molar-refractivity contribution < 1.29 is 17.9 Å². The number of hydrogen-bond acceptors (Lipinski definition) is 4. The van der Waals surface area contributed by atoms with Gasteiger partial charge in [-0.15, -0.1) is 0 Å². The van der Waals surface area contributed by atoms with E-state index in [1.54, 1.807) is 12.1 Å². The van der Waals surface area contributed by atoms with E-state index in [2.05, 4.69) is 9.46 Å². The molecule has 2 aromatic rings. The number of nitrogens with one attached hydrogen (secondary N) is 1. The van der Waals surface area contributed by atoms with Crippen molar-refractivity contribution in [2.75, 3.05) is 11.8 Å². The molecule has 0 amide bonds. The van der Waals surface area contributed by atoms with Gasteiger partial charge in [-0.2, -0.15) is 0 Å². The van der Waals surface area contributed by atoms with Crippen molar-refractivity contribution in [3.63, 3.8) is 0 Å². The number of aryl methyl sites for hydroxylation is 1. The van der Waals surface area contributed by atoms with Gasteiger partial charge in [-0.05, 0) is 36.2 Å². The van der Waals surface area contributed by atoms with Crippen molar-refractivity contribution in [2.45, 2.75) is 18.2 Å². The second-order valence-electron chi connectivity index (χ2n) is 4.64. The molecular formula is C16H17NO4S. The molecular weight excluding hydrogens is 302 g/mol. The highest BCUT2D eigenvalue weighted by atomic mass is 32.2. The minimum Gasteiger partial charge on any atom is -0.465 e. The second-order valence-corrected chi connectivity index (χ2v) is 6.32. The van der Waals surface area contributed by atoms with Crippen molar-refractivity contribution >= 4 is 21.7 Å². The lowest BCUT2D eigenvalue weighted by Crippen LogP contribution is -2.15. The molecule has 2 rings (SSSR count). The van der Waals surface area contributed by atoms with E-state index in [0.29, 0.717) is 12.1 Å². The molecule has 0 aliphatic carbocycles. The molecule has 0 radical (unpaired) electrons. The molecule has 6 heteroatoms. The van der Waals surface area contributed by atoms with Crippen molar-refractivity contribution in [1.29, 1.82) is 0 Å². The highest BCUT2D eigenvalue weighted by Gasteiger charge is 2.17. The van der Waals surface area contributed by atoms with E-state index < -0.39 is 16.0 Å². The summed E-state index contributed by atoms with van der Waals surface area (Å²) in [7, 11) is -2.52. The van der Waals surface area contributed by atoms with Crippen LogP contribution in [0.15, 0.2) is 53.4 Å². The van der Waals surface area contributed by atoms with Crippen LogP contribution >= 0.6 is 0 Å². The van der Waals surface area contributed by atoms with Crippen LogP contribution in [0, 0.1) is 0 Å². The van der Waals surface area contributed by atoms with Gasteiger partial charge in [-0.1, -0.05) is 31.2 Å². The lowest BCUT2D eigenvalue weighted by molar-refractivity contribution is 0.0600. The van der Waals surface area contributed by atoms with Gasteiger partial charge in [-0.25, -0.2) is 13.2 Å². The minimum atomic E-state index is -3.77. The molecule has 0 aliphatic rings. The smallest absolute Gasteiger partial charge is 0.337 e. The highest BCUT2D eigenvalue weighted by Crippen LogP contribution is 2.21. The number of carbonyl (C=O) groups is 1. The molecule has 0 atom stereocenters. The number of benzene rings is 2. The third kappa shape index (κ3) is 3.46. The summed E-state index contributed by atoms with van der Waals surface area (Å²) in [5.41, 5.74) is 1.62. The first-order valence-corrected chi connectivity index (χ1v) is 8.25. The standard InChI is InChI=1S/C16H17NO4S/c1-3-12-7-4-5-10-15(12)17-22(19,20)14-9-6-8-13(11-14)16(18)21-2/h4-11,17H,3H2,1-2H3. The van der Waals surface area contributed by atoms with Crippen LogP contribution in [0.1, 0.15) is 22.8 Å². The van der Waals surface area contributed by atoms with Crippen LogP contribution in [-0.2, 0) is 21.2 Å². The fraction of sp³-hybridized carbons (Fsp3) is 0.188. The number of rotatable bonds is 5. The Labute approximate surface area is 130 Å². The third-order valence-corrected chi connectivity index (χ3v) is 4.57. The predicted molar refractivity (Wildman–Crippen MR) is 84.4 cm³/mol. The van der Waals surface area contributed by atoms with Crippen molar-refractivity contribution in [2.24, 2.45) is 0 Å². The number of hydrogen-bond donors (Lipinski definition) is 1. The maximum absolute atomic E-state index is 12.5. The van der Waals surface area contributed by atoms with Gasteiger partial charge >= 0.3 is 5.97 Å². The lowest BCUT2D eigenvalue weighted by Gasteiger charge is -2.12. The lowest BCUT2D eigenvalue weighted by atomic mass is 10.1. The summed E-state index contributed by atoms with van der Waals surface area (Å²) in [4.78, 5) is 11.5. The zero-order valence-electron chi connectivity index (χ0n) is 12.4. The number of para-hydroxylation sites is 1. The Morgan fingerprint density at radius 2 is 1.86 bits per heavy atom. The number of sulfonamides is 1. The van der Waals surface area contributed by atoms with Crippen molar-refractivity contribution in [3.8, 4) is 0 Å². The monoisotopic (exact) mass is 319 g/mol. The molecule has 0 heterocycles. The van der Waals surface area contributed by atoms with Crippen LogP contribution in [0.3, 0.4) is 0 Å². The van der Waals surface area contributed by atoms with E-state index in [1.807, 2.05) is 19.1 Å². The summed E-state index contributed by atoms with van der Waals surface area (Å²) in [6, 6.07) is 12.9. The molecule has 0 bridgehead atoms. The van der Waals surface area contributed by atoms with Crippen LogP contribution in [0.2, 0.25) is 0 Å². The molecule has 0 fully saturated rings. The summed E-state index contributed by atoms with van der Waals surface area (Å²) >= 11 is 0. The van der Waals surface area contributed by atoms with Crippen molar-refractivity contribution in [3.05, 3.63) is 59.7 Å². The molecule has 0 saturated carbocycles. The average Bonchev–Trinajstić information content (AvgIpc) is 2.54. The minimum absolute atomic E-state index is 0.0151. The zero-order valence-corrected chi connectivity index (χ0v) is 13.2. The van der Waals surface area contributed by atoms with Crippen molar-refractivity contribution in [1.82, 2.24) is 0 Å². The topological polar surface area (TPSA) is 72.5 Å². The summed E-state index contributed by atoms with van der Waals surface area (Å²) in [5.74, 6) is -0.578.